The quantitative estimate of drug-likeness (QED) is 0.447. The molecule has 0 radical (unpaired) electrons. The van der Waals surface area contributed by atoms with Crippen LogP contribution in [-0.4, -0.2) is 54.7 Å². The zero-order valence-electron chi connectivity index (χ0n) is 11.0. The standard InChI is InChI=1S/C12H23N3OS.HI/c1-10-8-11(2-5-16-10)9-14-12(13)15-3-6-17-7-4-15;/h10-11H,2-9H2,1H3,(H2,13,14);1H. The van der Waals surface area contributed by atoms with Gasteiger partial charge in [0.05, 0.1) is 6.10 Å². The second kappa shape index (κ2) is 8.47. The Morgan fingerprint density at radius 1 is 1.44 bits per heavy atom. The number of aliphatic imine (C=N–C) groups is 1. The molecule has 2 unspecified atom stereocenters. The van der Waals surface area contributed by atoms with E-state index in [2.05, 4.69) is 16.8 Å². The van der Waals surface area contributed by atoms with E-state index >= 15 is 0 Å². The third kappa shape index (κ3) is 5.13. The molecule has 4 nitrogen and oxygen atoms in total. The number of nitrogens with two attached hydrogens (primary N) is 1. The van der Waals surface area contributed by atoms with Crippen molar-refractivity contribution in [2.75, 3.05) is 37.7 Å². The van der Waals surface area contributed by atoms with Crippen LogP contribution in [0.25, 0.3) is 0 Å². The molecule has 2 saturated heterocycles. The third-order valence-corrected chi connectivity index (χ3v) is 4.38. The molecule has 0 aromatic carbocycles. The number of hydrogen-bond acceptors (Lipinski definition) is 3. The zero-order valence-corrected chi connectivity index (χ0v) is 14.2. The Kier molecular flexibility index (Phi) is 7.70. The van der Waals surface area contributed by atoms with Gasteiger partial charge < -0.3 is 15.4 Å². The Bertz CT molecular complexity index is 272. The lowest BCUT2D eigenvalue weighted by Crippen LogP contribution is -2.43. The molecular weight excluding hydrogens is 361 g/mol. The lowest BCUT2D eigenvalue weighted by molar-refractivity contribution is 0.00477. The minimum absolute atomic E-state index is 0. The summed E-state index contributed by atoms with van der Waals surface area (Å²) in [5.74, 6) is 3.73. The predicted molar refractivity (Wildman–Crippen MR) is 88.9 cm³/mol. The first kappa shape index (κ1) is 16.4. The predicted octanol–water partition coefficient (Wildman–Crippen LogP) is 1.78. The summed E-state index contributed by atoms with van der Waals surface area (Å²) in [6.07, 6.45) is 2.63. The molecule has 0 aromatic heterocycles. The lowest BCUT2D eigenvalue weighted by atomic mass is 9.96. The highest BCUT2D eigenvalue weighted by atomic mass is 127. The summed E-state index contributed by atoms with van der Waals surface area (Å²) >= 11 is 1.99. The summed E-state index contributed by atoms with van der Waals surface area (Å²) in [5, 5.41) is 0. The van der Waals surface area contributed by atoms with Gasteiger partial charge in [0.1, 0.15) is 0 Å². The van der Waals surface area contributed by atoms with E-state index in [1.54, 1.807) is 0 Å². The minimum Gasteiger partial charge on any atom is -0.378 e. The average Bonchev–Trinajstić information content (AvgIpc) is 2.37. The molecule has 0 bridgehead atoms. The summed E-state index contributed by atoms with van der Waals surface area (Å²) in [6.45, 7) is 5.97. The number of thioether (sulfide) groups is 1. The van der Waals surface area contributed by atoms with Gasteiger partial charge in [-0.25, -0.2) is 0 Å². The molecule has 18 heavy (non-hydrogen) atoms. The fraction of sp³-hybridized carbons (Fsp3) is 0.917. The first-order valence-corrected chi connectivity index (χ1v) is 7.65. The van der Waals surface area contributed by atoms with Crippen molar-refractivity contribution in [2.24, 2.45) is 16.6 Å². The molecule has 2 N–H and O–H groups in total. The van der Waals surface area contributed by atoms with Gasteiger partial charge in [0.25, 0.3) is 0 Å². The van der Waals surface area contributed by atoms with Crippen molar-refractivity contribution in [3.05, 3.63) is 0 Å². The molecule has 2 atom stereocenters. The van der Waals surface area contributed by atoms with Crippen molar-refractivity contribution in [1.82, 2.24) is 4.90 Å². The molecule has 6 heteroatoms. The van der Waals surface area contributed by atoms with Crippen molar-refractivity contribution < 1.29 is 4.74 Å². The van der Waals surface area contributed by atoms with Crippen molar-refractivity contribution in [3.63, 3.8) is 0 Å². The Labute approximate surface area is 131 Å². The van der Waals surface area contributed by atoms with Gasteiger partial charge in [-0.15, -0.1) is 24.0 Å². The van der Waals surface area contributed by atoms with Gasteiger partial charge in [0.15, 0.2) is 5.96 Å². The molecule has 0 aliphatic carbocycles. The van der Waals surface area contributed by atoms with E-state index < -0.39 is 0 Å². The molecule has 2 aliphatic heterocycles. The van der Waals surface area contributed by atoms with Crippen molar-refractivity contribution in [3.8, 4) is 0 Å². The molecule has 2 fully saturated rings. The maximum Gasteiger partial charge on any atom is 0.191 e. The highest BCUT2D eigenvalue weighted by molar-refractivity contribution is 14.0. The fourth-order valence-electron chi connectivity index (χ4n) is 2.37. The molecule has 2 aliphatic rings. The molecule has 106 valence electrons. The molecule has 2 rings (SSSR count). The van der Waals surface area contributed by atoms with E-state index in [9.17, 15) is 0 Å². The maximum atomic E-state index is 6.04. The first-order valence-electron chi connectivity index (χ1n) is 6.50. The number of hydrogen-bond donors (Lipinski definition) is 1. The van der Waals surface area contributed by atoms with Crippen LogP contribution in [0.15, 0.2) is 4.99 Å². The number of rotatable bonds is 2. The van der Waals surface area contributed by atoms with Crippen LogP contribution in [-0.2, 0) is 4.74 Å². The summed E-state index contributed by atoms with van der Waals surface area (Å²) in [4.78, 5) is 6.77. The Balaban J connectivity index is 0.00000162. The average molecular weight is 385 g/mol. The van der Waals surface area contributed by atoms with Gasteiger partial charge in [-0.05, 0) is 25.7 Å². The van der Waals surface area contributed by atoms with Crippen molar-refractivity contribution in [2.45, 2.75) is 25.9 Å². The summed E-state index contributed by atoms with van der Waals surface area (Å²) in [5.41, 5.74) is 6.04. The highest BCUT2D eigenvalue weighted by Gasteiger charge is 2.19. The van der Waals surface area contributed by atoms with Gasteiger partial charge in [0.2, 0.25) is 0 Å². The Hall–Kier alpha value is 0.310. The van der Waals surface area contributed by atoms with Crippen LogP contribution in [0.2, 0.25) is 0 Å². The Morgan fingerprint density at radius 2 is 2.17 bits per heavy atom. The van der Waals surface area contributed by atoms with Gasteiger partial charge in [-0.3, -0.25) is 4.99 Å². The van der Waals surface area contributed by atoms with Gasteiger partial charge in [0, 0.05) is 37.7 Å². The molecule has 0 aromatic rings. The number of guanidine groups is 1. The number of nitrogens with zero attached hydrogens (tertiary/aromatic N) is 2. The van der Waals surface area contributed by atoms with Gasteiger partial charge in [-0.2, -0.15) is 11.8 Å². The van der Waals surface area contributed by atoms with Crippen LogP contribution < -0.4 is 5.73 Å². The SMILES string of the molecule is CC1CC(CN=C(N)N2CCSCC2)CCO1.I. The van der Waals surface area contributed by atoms with E-state index in [1.807, 2.05) is 11.8 Å². The Morgan fingerprint density at radius 3 is 2.83 bits per heavy atom. The zero-order chi connectivity index (χ0) is 12.1. The van der Waals surface area contributed by atoms with E-state index in [1.165, 1.54) is 11.5 Å². The molecule has 2 heterocycles. The largest absolute Gasteiger partial charge is 0.378 e. The topological polar surface area (TPSA) is 50.8 Å². The summed E-state index contributed by atoms with van der Waals surface area (Å²) in [7, 11) is 0. The van der Waals surface area contributed by atoms with Crippen LogP contribution in [0.3, 0.4) is 0 Å². The lowest BCUT2D eigenvalue weighted by Gasteiger charge is -2.29. The normalized spacial score (nSPS) is 29.8. The van der Waals surface area contributed by atoms with Crippen LogP contribution in [0, 0.1) is 5.92 Å². The number of ether oxygens (including phenoxy) is 1. The maximum absolute atomic E-state index is 6.04. The third-order valence-electron chi connectivity index (χ3n) is 3.44. The molecular formula is C12H24IN3OS. The molecule has 0 saturated carbocycles. The van der Waals surface area contributed by atoms with Gasteiger partial charge >= 0.3 is 0 Å². The first-order chi connectivity index (χ1) is 8.25. The smallest absolute Gasteiger partial charge is 0.191 e. The van der Waals surface area contributed by atoms with E-state index in [4.69, 9.17) is 10.5 Å². The van der Waals surface area contributed by atoms with E-state index in [0.29, 0.717) is 12.0 Å². The van der Waals surface area contributed by atoms with Crippen molar-refractivity contribution >= 4 is 41.7 Å². The van der Waals surface area contributed by atoms with Gasteiger partial charge in [-0.1, -0.05) is 0 Å². The fourth-order valence-corrected chi connectivity index (χ4v) is 3.28. The highest BCUT2D eigenvalue weighted by Crippen LogP contribution is 2.20. The second-order valence-corrected chi connectivity index (χ2v) is 6.09. The molecule has 0 amide bonds. The monoisotopic (exact) mass is 385 g/mol. The van der Waals surface area contributed by atoms with Crippen molar-refractivity contribution in [1.29, 1.82) is 0 Å². The summed E-state index contributed by atoms with van der Waals surface area (Å²) < 4.78 is 5.54. The van der Waals surface area contributed by atoms with Crippen LogP contribution in [0.5, 0.6) is 0 Å². The minimum atomic E-state index is 0. The van der Waals surface area contributed by atoms with Crippen LogP contribution in [0.1, 0.15) is 19.8 Å². The second-order valence-electron chi connectivity index (χ2n) is 4.87. The van der Waals surface area contributed by atoms with E-state index in [-0.39, 0.29) is 24.0 Å². The summed E-state index contributed by atoms with van der Waals surface area (Å²) in [6, 6.07) is 0. The van der Waals surface area contributed by atoms with E-state index in [0.717, 1.165) is 45.0 Å². The van der Waals surface area contributed by atoms with Crippen LogP contribution >= 0.6 is 35.7 Å². The number of halogens is 1. The van der Waals surface area contributed by atoms with Crippen LogP contribution in [0.4, 0.5) is 0 Å². The molecule has 0 spiro atoms.